The van der Waals surface area contributed by atoms with Crippen molar-refractivity contribution in [1.29, 1.82) is 0 Å². The van der Waals surface area contributed by atoms with E-state index < -0.39 is 0 Å². The van der Waals surface area contributed by atoms with Crippen LogP contribution in [0.2, 0.25) is 0 Å². The molecule has 0 fully saturated rings. The first-order valence-corrected chi connectivity index (χ1v) is 38.9. The molecule has 3 radical (unpaired) electrons. The van der Waals surface area contributed by atoms with E-state index in [1.54, 1.807) is 0 Å². The van der Waals surface area contributed by atoms with Crippen molar-refractivity contribution in [2.24, 2.45) is 0 Å². The smallest absolute Gasteiger partial charge is 0.00140 e. The summed E-state index contributed by atoms with van der Waals surface area (Å²) in [6.07, 6.45) is 4.52. The summed E-state index contributed by atoms with van der Waals surface area (Å²) in [5.41, 5.74) is 20.7. The fraction of sp³-hybridized carbons (Fsp3) is 0.0495. The van der Waals surface area contributed by atoms with Gasteiger partial charge in [-0.3, -0.25) is 0 Å². The number of hydrogen-bond acceptors (Lipinski definition) is 0. The van der Waals surface area contributed by atoms with Crippen LogP contribution in [0.1, 0.15) is 55.6 Å². The van der Waals surface area contributed by atoms with Gasteiger partial charge in [0, 0.05) is 109 Å². The van der Waals surface area contributed by atoms with Crippen molar-refractivity contribution in [3.63, 3.8) is 0 Å². The molecule has 3 atom stereocenters. The Labute approximate surface area is 707 Å². The van der Waals surface area contributed by atoms with Gasteiger partial charge in [-0.15, -0.1) is 165 Å². The molecule has 2 aliphatic heterocycles. The van der Waals surface area contributed by atoms with Crippen LogP contribution in [0.4, 0.5) is 0 Å². The van der Waals surface area contributed by atoms with Gasteiger partial charge < -0.3 is 0 Å². The van der Waals surface area contributed by atoms with Crippen LogP contribution in [0, 0.1) is 36.4 Å². The molecule has 0 saturated carbocycles. The van der Waals surface area contributed by atoms with E-state index in [0.717, 1.165) is 57.5 Å². The van der Waals surface area contributed by atoms with Gasteiger partial charge in [-0.05, 0) is 153 Å². The quantitative estimate of drug-likeness (QED) is 0.0998. The predicted molar refractivity (Wildman–Crippen MR) is 450 cm³/mol. The summed E-state index contributed by atoms with van der Waals surface area (Å²) in [5.74, 6) is 0. The normalized spacial score (nSPS) is 12.4. The van der Waals surface area contributed by atoms with Crippen molar-refractivity contribution in [1.82, 2.24) is 0 Å². The molecule has 3 unspecified atom stereocenters. The van der Waals surface area contributed by atoms with Crippen LogP contribution < -0.4 is 21.2 Å². The second-order valence-electron chi connectivity index (χ2n) is 27.7. The first-order valence-electron chi connectivity index (χ1n) is 35.9. The minimum atomic E-state index is 0. The SMILES string of the molecule is [Y].[Y].[Y].[c-]1ccc(-c2ccc3[pH]c4ccc5ccccc5c4c3c2)cc1Cc1[c-]c2ccccc2cc1.[c-]1ccc(-c2ccc3c(c2)Cc2c(ccc4ccccc24)P3)cc1Cc1[c-]c2ccccc2cc1.[c-]1ccc(-c2ccc3c(c2)Cc2cc4ccccc4cc2P3)cc1Cc1[c-]c2ccccc2cc1. The van der Waals surface area contributed by atoms with E-state index in [4.69, 9.17) is 0 Å². The van der Waals surface area contributed by atoms with E-state index in [9.17, 15) is 0 Å². The molecule has 21 rings (SSSR count). The van der Waals surface area contributed by atoms with Crippen LogP contribution in [0.5, 0.6) is 0 Å². The molecular weight excluding hydrogens is 1570 g/mol. The zero-order valence-corrected chi connectivity index (χ0v) is 70.5. The van der Waals surface area contributed by atoms with Crippen LogP contribution in [-0.4, -0.2) is 0 Å². The summed E-state index contributed by atoms with van der Waals surface area (Å²) in [6, 6.07) is 140. The van der Waals surface area contributed by atoms with Gasteiger partial charge in [0.15, 0.2) is 0 Å². The summed E-state index contributed by atoms with van der Waals surface area (Å²) < 4.78 is 0. The first kappa shape index (κ1) is 73.2. The topological polar surface area (TPSA) is 0 Å². The van der Waals surface area contributed by atoms with E-state index >= 15 is 0 Å². The molecule has 0 aliphatic carbocycles. The Bertz CT molecular complexity index is 6550. The zero-order valence-electron chi connectivity index (χ0n) is 58.9. The van der Waals surface area contributed by atoms with Gasteiger partial charge in [0.2, 0.25) is 0 Å². The molecule has 1 aromatic heterocycles. The van der Waals surface area contributed by atoms with Crippen molar-refractivity contribution < 1.29 is 98.1 Å². The van der Waals surface area contributed by atoms with E-state index in [1.165, 1.54) is 196 Å². The fourth-order valence-electron chi connectivity index (χ4n) is 15.6. The summed E-state index contributed by atoms with van der Waals surface area (Å²) in [5, 5.41) is 27.0. The summed E-state index contributed by atoms with van der Waals surface area (Å²) >= 11 is 0. The minimum absolute atomic E-state index is 0. The van der Waals surface area contributed by atoms with Crippen LogP contribution in [-0.2, 0) is 130 Å². The van der Waals surface area contributed by atoms with Crippen LogP contribution in [0.3, 0.4) is 0 Å². The Morgan fingerprint density at radius 2 is 0.636 bits per heavy atom. The Kier molecular flexibility index (Phi) is 22.3. The van der Waals surface area contributed by atoms with Crippen LogP contribution in [0.25, 0.3) is 119 Å². The molecule has 2 aliphatic rings. The molecule has 18 aromatic carbocycles. The number of fused-ring (bicyclic) bond motifs is 15. The standard InChI is InChI=1S/2C34H23P.C33H21P.3Y/c1-2-9-27-20-24(12-13-25(27)7-1)18-23-6-5-10-28(19-23)29-15-16-33-30(21-29)22-32-31-11-4-3-8-26(31)14-17-34(32)35-33;1-2-8-26-18-24(12-13-25(26)7-1)16-23-6-5-11-27(17-23)30-14-15-33-31(20-30)21-32-19-28-9-3-4-10-29(28)22-34(32)35-33;1-2-9-26-20-23(12-13-24(26)7-1)18-22-6-5-10-27(19-22)28-15-16-31-30(21-28)33-29-11-4-3-8-25(29)14-17-32(33)34-31;;;/h1-5,7-17,19,21,35H,18,22H2;1-5,7-15,17,19-20,22,35H,16,21H2;1-5,7-17,19,21,34H,18H2;;;/q3*-2;;;. The third-order valence-electron chi connectivity index (χ3n) is 20.9. The first-order chi connectivity index (χ1) is 51.4. The summed E-state index contributed by atoms with van der Waals surface area (Å²) in [6.45, 7) is 0. The molecule has 0 saturated heterocycles. The largest absolute Gasteiger partial charge is 0.180 e. The molecule has 0 N–H and O–H groups in total. The third-order valence-corrected chi connectivity index (χ3v) is 25.3. The second kappa shape index (κ2) is 32.7. The van der Waals surface area contributed by atoms with E-state index in [2.05, 4.69) is 364 Å². The average Bonchev–Trinajstić information content (AvgIpc) is 1.05. The van der Waals surface area contributed by atoms with Crippen molar-refractivity contribution in [2.75, 3.05) is 0 Å². The zero-order chi connectivity index (χ0) is 68.9. The van der Waals surface area contributed by atoms with Crippen molar-refractivity contribution >= 4 is 132 Å². The Hall–Kier alpha value is -8.01. The molecule has 19 aromatic rings. The number of benzene rings is 18. The third kappa shape index (κ3) is 15.7. The number of rotatable bonds is 9. The Balaban J connectivity index is 0.000000121. The summed E-state index contributed by atoms with van der Waals surface area (Å²) in [7, 11) is 2.17. The molecule has 6 heteroatoms. The monoisotopic (exact) mass is 1640 g/mol. The van der Waals surface area contributed by atoms with Crippen LogP contribution >= 0.6 is 25.4 Å². The molecular formula is C101H67P3Y3-6. The Morgan fingerprint density at radius 1 is 0.252 bits per heavy atom. The predicted octanol–water partition coefficient (Wildman–Crippen LogP) is 24.0. The molecule has 0 bridgehead atoms. The van der Waals surface area contributed by atoms with Gasteiger partial charge >= 0.3 is 0 Å². The average molecular weight is 1640 g/mol. The van der Waals surface area contributed by atoms with E-state index in [-0.39, 0.29) is 98.1 Å². The van der Waals surface area contributed by atoms with Gasteiger partial charge in [0.1, 0.15) is 0 Å². The molecule has 0 amide bonds. The van der Waals surface area contributed by atoms with Gasteiger partial charge in [0.25, 0.3) is 0 Å². The maximum Gasteiger partial charge on any atom is 0.00140 e. The molecule has 3 heterocycles. The summed E-state index contributed by atoms with van der Waals surface area (Å²) in [4.78, 5) is 0. The fourth-order valence-corrected chi connectivity index (χ4v) is 19.6. The van der Waals surface area contributed by atoms with Crippen molar-refractivity contribution in [3.8, 4) is 33.4 Å². The van der Waals surface area contributed by atoms with Gasteiger partial charge in [0.05, 0.1) is 0 Å². The maximum atomic E-state index is 3.58. The van der Waals surface area contributed by atoms with Crippen LogP contribution in [0.15, 0.2) is 328 Å². The van der Waals surface area contributed by atoms with E-state index in [1.807, 2.05) is 0 Å². The minimum Gasteiger partial charge on any atom is -0.180 e. The van der Waals surface area contributed by atoms with Crippen molar-refractivity contribution in [2.45, 2.75) is 32.1 Å². The van der Waals surface area contributed by atoms with Gasteiger partial charge in [-0.25, -0.2) is 0 Å². The number of hydrogen-bond donors (Lipinski definition) is 0. The second-order valence-corrected chi connectivity index (χ2v) is 31.6. The molecule has 107 heavy (non-hydrogen) atoms. The van der Waals surface area contributed by atoms with Crippen molar-refractivity contribution in [3.05, 3.63) is 420 Å². The van der Waals surface area contributed by atoms with Gasteiger partial charge in [-0.1, -0.05) is 199 Å². The molecule has 0 spiro atoms. The van der Waals surface area contributed by atoms with E-state index in [0.29, 0.717) is 0 Å². The molecule has 501 valence electrons. The maximum absolute atomic E-state index is 3.58. The molecule has 0 nitrogen and oxygen atoms in total. The van der Waals surface area contributed by atoms with Gasteiger partial charge in [-0.2, -0.15) is 89.5 Å². The Morgan fingerprint density at radius 3 is 1.18 bits per heavy atom.